The zero-order valence-corrected chi connectivity index (χ0v) is 15.3. The van der Waals surface area contributed by atoms with Crippen LogP contribution in [-0.2, 0) is 11.0 Å². The first kappa shape index (κ1) is 19.7. The molecular formula is C19H14F4N6O. The molecule has 0 spiro atoms. The number of hydrogen-bond donors (Lipinski definition) is 1. The molecule has 11 heteroatoms. The Hall–Kier alpha value is -3.63. The van der Waals surface area contributed by atoms with E-state index in [2.05, 4.69) is 20.1 Å². The first-order chi connectivity index (χ1) is 14.2. The van der Waals surface area contributed by atoms with E-state index in [0.717, 1.165) is 29.7 Å². The van der Waals surface area contributed by atoms with E-state index in [1.54, 1.807) is 0 Å². The third-order valence-corrected chi connectivity index (χ3v) is 4.46. The highest BCUT2D eigenvalue weighted by Gasteiger charge is 2.35. The topological polar surface area (TPSA) is 99.6 Å². The largest absolute Gasteiger partial charge is 0.433 e. The number of primary amides is 1. The first-order valence-corrected chi connectivity index (χ1v) is 8.85. The molecule has 0 aliphatic heterocycles. The fourth-order valence-electron chi connectivity index (χ4n) is 2.87. The van der Waals surface area contributed by atoms with Crippen LogP contribution in [0.25, 0.3) is 23.2 Å². The minimum atomic E-state index is -4.60. The third kappa shape index (κ3) is 4.19. The summed E-state index contributed by atoms with van der Waals surface area (Å²) >= 11 is 0. The number of pyridine rings is 2. The summed E-state index contributed by atoms with van der Waals surface area (Å²) in [5, 5.41) is 4.11. The lowest BCUT2D eigenvalue weighted by Gasteiger charge is -2.09. The second-order valence-corrected chi connectivity index (χ2v) is 6.76. The van der Waals surface area contributed by atoms with Gasteiger partial charge in [0.05, 0.1) is 5.57 Å². The summed E-state index contributed by atoms with van der Waals surface area (Å²) in [5.41, 5.74) is 4.95. The molecule has 1 aliphatic carbocycles. The second-order valence-electron chi connectivity index (χ2n) is 6.76. The molecule has 3 aromatic rings. The molecule has 0 saturated heterocycles. The van der Waals surface area contributed by atoms with Crippen molar-refractivity contribution in [1.29, 1.82) is 0 Å². The average Bonchev–Trinajstić information content (AvgIpc) is 3.43. The fourth-order valence-corrected chi connectivity index (χ4v) is 2.87. The lowest BCUT2D eigenvalue weighted by molar-refractivity contribution is -0.141. The Labute approximate surface area is 167 Å². The van der Waals surface area contributed by atoms with E-state index >= 15 is 0 Å². The van der Waals surface area contributed by atoms with E-state index in [1.807, 2.05) is 0 Å². The van der Waals surface area contributed by atoms with Crippen LogP contribution in [0.5, 0.6) is 0 Å². The Balaban J connectivity index is 1.72. The van der Waals surface area contributed by atoms with Crippen LogP contribution in [0.4, 0.5) is 17.6 Å². The number of halogens is 4. The number of nitrogens with two attached hydrogens (primary N) is 1. The minimum absolute atomic E-state index is 0.00363. The zero-order valence-electron chi connectivity index (χ0n) is 15.3. The Bertz CT molecular complexity index is 1150. The van der Waals surface area contributed by atoms with Gasteiger partial charge in [-0.15, -0.1) is 5.10 Å². The second kappa shape index (κ2) is 7.32. The molecule has 0 radical (unpaired) electrons. The monoisotopic (exact) mass is 418 g/mol. The van der Waals surface area contributed by atoms with Gasteiger partial charge in [0.15, 0.2) is 5.82 Å². The first-order valence-electron chi connectivity index (χ1n) is 8.85. The van der Waals surface area contributed by atoms with Gasteiger partial charge in [0.2, 0.25) is 5.95 Å². The summed E-state index contributed by atoms with van der Waals surface area (Å²) in [5.74, 6) is -1.64. The zero-order chi connectivity index (χ0) is 21.5. The van der Waals surface area contributed by atoms with Crippen molar-refractivity contribution in [1.82, 2.24) is 24.7 Å². The molecule has 3 aromatic heterocycles. The van der Waals surface area contributed by atoms with Crippen LogP contribution >= 0.6 is 0 Å². The van der Waals surface area contributed by atoms with Crippen molar-refractivity contribution >= 4 is 17.7 Å². The predicted octanol–water partition coefficient (Wildman–Crippen LogP) is 3.25. The van der Waals surface area contributed by atoms with Gasteiger partial charge in [-0.2, -0.15) is 17.6 Å². The lowest BCUT2D eigenvalue weighted by atomic mass is 10.1. The summed E-state index contributed by atoms with van der Waals surface area (Å²) in [6, 6.07) is 4.82. The Morgan fingerprint density at radius 3 is 2.60 bits per heavy atom. The highest BCUT2D eigenvalue weighted by molar-refractivity contribution is 6.22. The van der Waals surface area contributed by atoms with Crippen LogP contribution in [0.15, 0.2) is 36.8 Å². The molecule has 1 aliphatic rings. The molecular weight excluding hydrogens is 404 g/mol. The Morgan fingerprint density at radius 1 is 1.20 bits per heavy atom. The summed E-state index contributed by atoms with van der Waals surface area (Å²) in [4.78, 5) is 22.9. The number of aromatic nitrogens is 5. The van der Waals surface area contributed by atoms with Gasteiger partial charge in [-0.1, -0.05) is 0 Å². The number of alkyl halides is 3. The molecule has 7 nitrogen and oxygen atoms in total. The van der Waals surface area contributed by atoms with Crippen molar-refractivity contribution in [2.45, 2.75) is 24.9 Å². The van der Waals surface area contributed by atoms with E-state index in [4.69, 9.17) is 5.73 Å². The lowest BCUT2D eigenvalue weighted by Crippen LogP contribution is -2.14. The van der Waals surface area contributed by atoms with Crippen LogP contribution in [0, 0.1) is 5.95 Å². The van der Waals surface area contributed by atoms with Gasteiger partial charge in [-0.25, -0.2) is 19.6 Å². The number of rotatable bonds is 5. The standard InChI is InChI=1S/C19H14F4N6O/c20-16-7-11(3-4-25-16)13(17(24)30)8-29-9-26-18(28-29)12-5-14(10-1-2-10)27-15(6-12)19(21,22)23/h3-10H,1-2H2,(H2,24,30)/b13-8+. The number of amides is 1. The summed E-state index contributed by atoms with van der Waals surface area (Å²) in [6.07, 6.45) is 0.545. The van der Waals surface area contributed by atoms with Gasteiger partial charge >= 0.3 is 6.18 Å². The van der Waals surface area contributed by atoms with E-state index in [-0.39, 0.29) is 28.4 Å². The summed E-state index contributed by atoms with van der Waals surface area (Å²) in [7, 11) is 0. The molecule has 2 N–H and O–H groups in total. The van der Waals surface area contributed by atoms with Crippen molar-refractivity contribution in [2.24, 2.45) is 5.73 Å². The molecule has 0 bridgehead atoms. The van der Waals surface area contributed by atoms with Crippen LogP contribution in [-0.4, -0.2) is 30.6 Å². The highest BCUT2D eigenvalue weighted by atomic mass is 19.4. The van der Waals surface area contributed by atoms with Crippen molar-refractivity contribution in [3.63, 3.8) is 0 Å². The fraction of sp³-hybridized carbons (Fsp3) is 0.211. The molecule has 1 amide bonds. The molecule has 3 heterocycles. The number of carbonyl (C=O) groups excluding carboxylic acids is 1. The van der Waals surface area contributed by atoms with Gasteiger partial charge in [-0.05, 0) is 36.6 Å². The third-order valence-electron chi connectivity index (χ3n) is 4.46. The Morgan fingerprint density at radius 2 is 1.97 bits per heavy atom. The van der Waals surface area contributed by atoms with Gasteiger partial charge < -0.3 is 5.73 Å². The highest BCUT2D eigenvalue weighted by Crippen LogP contribution is 2.41. The average molecular weight is 418 g/mol. The van der Waals surface area contributed by atoms with Crippen molar-refractivity contribution < 1.29 is 22.4 Å². The smallest absolute Gasteiger partial charge is 0.366 e. The van der Waals surface area contributed by atoms with Crippen LogP contribution in [0.1, 0.15) is 35.7 Å². The molecule has 0 aromatic carbocycles. The molecule has 1 saturated carbocycles. The maximum absolute atomic E-state index is 13.4. The minimum Gasteiger partial charge on any atom is -0.366 e. The van der Waals surface area contributed by atoms with Gasteiger partial charge in [0.1, 0.15) is 12.0 Å². The Kier molecular flexibility index (Phi) is 4.80. The number of nitrogens with zero attached hydrogens (tertiary/aromatic N) is 5. The van der Waals surface area contributed by atoms with Crippen LogP contribution < -0.4 is 5.73 Å². The molecule has 30 heavy (non-hydrogen) atoms. The van der Waals surface area contributed by atoms with Gasteiger partial charge in [0.25, 0.3) is 5.91 Å². The number of hydrogen-bond acceptors (Lipinski definition) is 5. The maximum Gasteiger partial charge on any atom is 0.433 e. The van der Waals surface area contributed by atoms with Crippen LogP contribution in [0.2, 0.25) is 0 Å². The molecule has 154 valence electrons. The molecule has 0 atom stereocenters. The normalized spacial score (nSPS) is 14.7. The van der Waals surface area contributed by atoms with E-state index in [0.29, 0.717) is 5.69 Å². The van der Waals surface area contributed by atoms with Crippen molar-refractivity contribution in [3.8, 4) is 11.4 Å². The van der Waals surface area contributed by atoms with Gasteiger partial charge in [0, 0.05) is 35.6 Å². The molecule has 0 unspecified atom stereocenters. The number of carbonyl (C=O) groups is 1. The van der Waals surface area contributed by atoms with Crippen molar-refractivity contribution in [3.05, 3.63) is 59.7 Å². The quantitative estimate of drug-likeness (QED) is 0.390. The van der Waals surface area contributed by atoms with Gasteiger partial charge in [-0.3, -0.25) is 4.79 Å². The maximum atomic E-state index is 13.4. The summed E-state index contributed by atoms with van der Waals surface area (Å²) in [6.45, 7) is 0. The molecule has 1 fully saturated rings. The van der Waals surface area contributed by atoms with E-state index < -0.39 is 23.7 Å². The SMILES string of the molecule is NC(=O)/C(=C/n1cnc(-c2cc(C3CC3)nc(C(F)(F)F)c2)n1)c1ccnc(F)c1. The van der Waals surface area contributed by atoms with E-state index in [1.165, 1.54) is 30.9 Å². The molecule has 4 rings (SSSR count). The summed E-state index contributed by atoms with van der Waals surface area (Å²) < 4.78 is 54.2. The predicted molar refractivity (Wildman–Crippen MR) is 97.8 cm³/mol. The van der Waals surface area contributed by atoms with Crippen molar-refractivity contribution in [2.75, 3.05) is 0 Å². The van der Waals surface area contributed by atoms with Crippen LogP contribution in [0.3, 0.4) is 0 Å². The van der Waals surface area contributed by atoms with E-state index in [9.17, 15) is 22.4 Å².